The van der Waals surface area contributed by atoms with Crippen LogP contribution in [0.15, 0.2) is 67.1 Å². The molecule has 1 N–H and O–H groups in total. The molecule has 33 heavy (non-hydrogen) atoms. The summed E-state index contributed by atoms with van der Waals surface area (Å²) < 4.78 is 5.26. The molecule has 1 aliphatic rings. The molecule has 7 heteroatoms. The van der Waals surface area contributed by atoms with Gasteiger partial charge in [-0.3, -0.25) is 4.98 Å². The molecule has 174 valence electrons. The largest absolute Gasteiger partial charge is 0.445 e. The SMILES string of the molecule is CC.O=C(NCCC1CCN(c2ccnc(-c3cccnc3)n2)CC1)OCc1ccccc1. The molecule has 0 atom stereocenters. The van der Waals surface area contributed by atoms with Crippen LogP contribution in [0.1, 0.15) is 38.7 Å². The van der Waals surface area contributed by atoms with E-state index in [1.165, 1.54) is 0 Å². The molecule has 0 radical (unpaired) electrons. The number of carbonyl (C=O) groups is 1. The minimum absolute atomic E-state index is 0.297. The van der Waals surface area contributed by atoms with E-state index >= 15 is 0 Å². The van der Waals surface area contributed by atoms with Gasteiger partial charge in [0.15, 0.2) is 5.82 Å². The number of benzene rings is 1. The molecule has 1 saturated heterocycles. The number of anilines is 1. The zero-order chi connectivity index (χ0) is 23.3. The summed E-state index contributed by atoms with van der Waals surface area (Å²) in [5.41, 5.74) is 1.91. The molecule has 1 fully saturated rings. The molecule has 2 aromatic heterocycles. The molecule has 0 unspecified atom stereocenters. The maximum absolute atomic E-state index is 11.9. The Morgan fingerprint density at radius 2 is 1.85 bits per heavy atom. The van der Waals surface area contributed by atoms with E-state index < -0.39 is 0 Å². The molecule has 1 aliphatic heterocycles. The molecule has 0 spiro atoms. The van der Waals surface area contributed by atoms with Gasteiger partial charge in [0, 0.05) is 43.8 Å². The maximum atomic E-state index is 11.9. The molecule has 1 amide bonds. The normalized spacial score (nSPS) is 13.6. The maximum Gasteiger partial charge on any atom is 0.407 e. The highest BCUT2D eigenvalue weighted by molar-refractivity contribution is 5.67. The number of piperidine rings is 1. The molecule has 0 saturated carbocycles. The zero-order valence-electron chi connectivity index (χ0n) is 19.5. The zero-order valence-corrected chi connectivity index (χ0v) is 19.5. The van der Waals surface area contributed by atoms with E-state index in [1.54, 1.807) is 12.4 Å². The van der Waals surface area contributed by atoms with Crippen molar-refractivity contribution in [1.82, 2.24) is 20.3 Å². The summed E-state index contributed by atoms with van der Waals surface area (Å²) in [5, 5.41) is 2.87. The van der Waals surface area contributed by atoms with Gasteiger partial charge in [-0.15, -0.1) is 0 Å². The summed E-state index contributed by atoms with van der Waals surface area (Å²) >= 11 is 0. The molecule has 0 bridgehead atoms. The van der Waals surface area contributed by atoms with Gasteiger partial charge in [0.2, 0.25) is 0 Å². The summed E-state index contributed by atoms with van der Waals surface area (Å²) in [6.45, 7) is 6.83. The number of nitrogens with one attached hydrogen (secondary N) is 1. The predicted molar refractivity (Wildman–Crippen MR) is 131 cm³/mol. The van der Waals surface area contributed by atoms with Crippen LogP contribution in [0.2, 0.25) is 0 Å². The number of aromatic nitrogens is 3. The van der Waals surface area contributed by atoms with Gasteiger partial charge in [0.05, 0.1) is 0 Å². The molecule has 0 aliphatic carbocycles. The first-order valence-electron chi connectivity index (χ1n) is 11.7. The van der Waals surface area contributed by atoms with Crippen LogP contribution in [0, 0.1) is 5.92 Å². The van der Waals surface area contributed by atoms with Crippen molar-refractivity contribution in [2.75, 3.05) is 24.5 Å². The van der Waals surface area contributed by atoms with Crippen LogP contribution in [0.4, 0.5) is 10.6 Å². The molecule has 1 aromatic carbocycles. The second-order valence-electron chi connectivity index (χ2n) is 7.69. The number of amides is 1. The van der Waals surface area contributed by atoms with Crippen molar-refractivity contribution < 1.29 is 9.53 Å². The fraction of sp³-hybridized carbons (Fsp3) is 0.385. The van der Waals surface area contributed by atoms with E-state index in [4.69, 9.17) is 9.72 Å². The van der Waals surface area contributed by atoms with Crippen LogP contribution >= 0.6 is 0 Å². The Morgan fingerprint density at radius 3 is 2.58 bits per heavy atom. The number of carbonyl (C=O) groups excluding carboxylic acids is 1. The highest BCUT2D eigenvalue weighted by Gasteiger charge is 2.20. The van der Waals surface area contributed by atoms with Crippen molar-refractivity contribution in [3.63, 3.8) is 0 Å². The Hall–Kier alpha value is -3.48. The summed E-state index contributed by atoms with van der Waals surface area (Å²) in [6, 6.07) is 15.5. The third kappa shape index (κ3) is 7.56. The molecule has 7 nitrogen and oxygen atoms in total. The van der Waals surface area contributed by atoms with Crippen molar-refractivity contribution in [1.29, 1.82) is 0 Å². The Bertz CT molecular complexity index is 961. The second-order valence-corrected chi connectivity index (χ2v) is 7.69. The van der Waals surface area contributed by atoms with Crippen LogP contribution in [0.5, 0.6) is 0 Å². The van der Waals surface area contributed by atoms with Gasteiger partial charge in [-0.2, -0.15) is 0 Å². The number of hydrogen-bond acceptors (Lipinski definition) is 6. The average Bonchev–Trinajstić information content (AvgIpc) is 2.90. The van der Waals surface area contributed by atoms with E-state index in [1.807, 2.05) is 68.6 Å². The molecule has 3 aromatic rings. The van der Waals surface area contributed by atoms with Gasteiger partial charge >= 0.3 is 6.09 Å². The Labute approximate surface area is 196 Å². The van der Waals surface area contributed by atoms with Crippen molar-refractivity contribution in [3.05, 3.63) is 72.7 Å². The highest BCUT2D eigenvalue weighted by atomic mass is 16.5. The quantitative estimate of drug-likeness (QED) is 0.543. The van der Waals surface area contributed by atoms with Crippen molar-refractivity contribution in [2.45, 2.75) is 39.7 Å². The predicted octanol–water partition coefficient (Wildman–Crippen LogP) is 5.10. The van der Waals surface area contributed by atoms with E-state index in [9.17, 15) is 4.79 Å². The van der Waals surface area contributed by atoms with Crippen molar-refractivity contribution in [2.24, 2.45) is 5.92 Å². The standard InChI is InChI=1S/C24H27N5O2.C2H6/c30-24(31-18-20-5-2-1-3-6-20)27-13-8-19-10-15-29(16-11-19)22-9-14-26-23(28-22)21-7-4-12-25-17-21;1-2/h1-7,9,12,14,17,19H,8,10-11,13,15-16,18H2,(H,27,30);1-2H3. The molecular weight excluding hydrogens is 414 g/mol. The van der Waals surface area contributed by atoms with E-state index in [0.717, 1.165) is 49.3 Å². The van der Waals surface area contributed by atoms with E-state index in [0.29, 0.717) is 24.9 Å². The molecule has 3 heterocycles. The van der Waals surface area contributed by atoms with Crippen LogP contribution in [-0.2, 0) is 11.3 Å². The third-order valence-electron chi connectivity index (χ3n) is 5.53. The van der Waals surface area contributed by atoms with Crippen LogP contribution in [0.25, 0.3) is 11.4 Å². The van der Waals surface area contributed by atoms with E-state index in [-0.39, 0.29) is 6.09 Å². The first kappa shape index (κ1) is 24.2. The summed E-state index contributed by atoms with van der Waals surface area (Å²) in [4.78, 5) is 27.4. The number of nitrogens with zero attached hydrogens (tertiary/aromatic N) is 4. The van der Waals surface area contributed by atoms with Crippen molar-refractivity contribution in [3.8, 4) is 11.4 Å². The lowest BCUT2D eigenvalue weighted by molar-refractivity contribution is 0.139. The monoisotopic (exact) mass is 447 g/mol. The smallest absolute Gasteiger partial charge is 0.407 e. The van der Waals surface area contributed by atoms with Gasteiger partial charge in [-0.1, -0.05) is 44.2 Å². The number of hydrogen-bond donors (Lipinski definition) is 1. The Balaban J connectivity index is 0.00000149. The summed E-state index contributed by atoms with van der Waals surface area (Å²) in [6.07, 6.45) is 8.09. The minimum Gasteiger partial charge on any atom is -0.445 e. The number of rotatable bonds is 7. The number of alkyl carbamates (subject to hydrolysis) is 1. The van der Waals surface area contributed by atoms with Gasteiger partial charge in [-0.25, -0.2) is 14.8 Å². The van der Waals surface area contributed by atoms with Crippen molar-refractivity contribution >= 4 is 11.9 Å². The van der Waals surface area contributed by atoms with Gasteiger partial charge in [0.25, 0.3) is 0 Å². The first-order chi connectivity index (χ1) is 16.3. The first-order valence-corrected chi connectivity index (χ1v) is 11.7. The number of pyridine rings is 1. The summed E-state index contributed by atoms with van der Waals surface area (Å²) in [5.74, 6) is 2.24. The number of ether oxygens (including phenoxy) is 1. The topological polar surface area (TPSA) is 80.2 Å². The second kappa shape index (κ2) is 13.2. The van der Waals surface area contributed by atoms with Gasteiger partial charge < -0.3 is 15.0 Å². The average molecular weight is 448 g/mol. The van der Waals surface area contributed by atoms with Crippen LogP contribution in [-0.4, -0.2) is 40.7 Å². The lowest BCUT2D eigenvalue weighted by Crippen LogP contribution is -2.35. The Morgan fingerprint density at radius 1 is 1.06 bits per heavy atom. The van der Waals surface area contributed by atoms with E-state index in [2.05, 4.69) is 20.2 Å². The third-order valence-corrected chi connectivity index (χ3v) is 5.53. The lowest BCUT2D eigenvalue weighted by Gasteiger charge is -2.32. The lowest BCUT2D eigenvalue weighted by atomic mass is 9.93. The molecule has 4 rings (SSSR count). The van der Waals surface area contributed by atoms with Crippen LogP contribution < -0.4 is 10.2 Å². The Kier molecular flexibility index (Phi) is 9.63. The fourth-order valence-electron chi connectivity index (χ4n) is 3.76. The highest BCUT2D eigenvalue weighted by Crippen LogP contribution is 2.25. The van der Waals surface area contributed by atoms with Crippen LogP contribution in [0.3, 0.4) is 0 Å². The minimum atomic E-state index is -0.356. The van der Waals surface area contributed by atoms with Gasteiger partial charge in [-0.05, 0) is 48.9 Å². The molecular formula is C26H33N5O2. The summed E-state index contributed by atoms with van der Waals surface area (Å²) in [7, 11) is 0. The fourth-order valence-corrected chi connectivity index (χ4v) is 3.76. The van der Waals surface area contributed by atoms with Gasteiger partial charge in [0.1, 0.15) is 12.4 Å².